The van der Waals surface area contributed by atoms with Crippen LogP contribution in [-0.2, 0) is 5.41 Å². The van der Waals surface area contributed by atoms with Crippen molar-refractivity contribution in [1.29, 1.82) is 0 Å². The Morgan fingerprint density at radius 1 is 1.07 bits per heavy atom. The lowest BCUT2D eigenvalue weighted by molar-refractivity contribution is 0.0756. The van der Waals surface area contributed by atoms with Crippen LogP contribution >= 0.6 is 0 Å². The molecule has 0 aliphatic carbocycles. The van der Waals surface area contributed by atoms with Gasteiger partial charge in [0.05, 0.1) is 16.9 Å². The molecule has 1 N–H and O–H groups in total. The molecule has 1 amide bonds. The van der Waals surface area contributed by atoms with Gasteiger partial charge < -0.3 is 10.2 Å². The lowest BCUT2D eigenvalue weighted by Crippen LogP contribution is -2.34. The summed E-state index contributed by atoms with van der Waals surface area (Å²) in [5.74, 6) is 1.57. The van der Waals surface area contributed by atoms with Gasteiger partial charge in [-0.2, -0.15) is 5.10 Å². The maximum atomic E-state index is 13.4. The van der Waals surface area contributed by atoms with Crippen molar-refractivity contribution in [2.75, 3.05) is 26.2 Å². The Kier molecular flexibility index (Phi) is 4.81. The predicted octanol–water partition coefficient (Wildman–Crippen LogP) is 3.24. The van der Waals surface area contributed by atoms with Gasteiger partial charge in [0.15, 0.2) is 0 Å². The second-order valence-corrected chi connectivity index (χ2v) is 8.97. The van der Waals surface area contributed by atoms with E-state index in [1.54, 1.807) is 0 Å². The van der Waals surface area contributed by atoms with Crippen molar-refractivity contribution in [3.05, 3.63) is 47.8 Å². The molecular weight excluding hydrogens is 336 g/mol. The SMILES string of the molecule is CC(C)(C)c1nn(-c2ccccc2)cc1C(=O)N1CC[C@@H]2CNC[C@@H]2CC1. The smallest absolute Gasteiger partial charge is 0.257 e. The zero-order valence-corrected chi connectivity index (χ0v) is 16.6. The summed E-state index contributed by atoms with van der Waals surface area (Å²) in [6.07, 6.45) is 4.12. The van der Waals surface area contributed by atoms with Gasteiger partial charge in [0.25, 0.3) is 5.91 Å². The molecule has 0 unspecified atom stereocenters. The van der Waals surface area contributed by atoms with Gasteiger partial charge in [0, 0.05) is 24.7 Å². The molecule has 4 rings (SSSR count). The third-order valence-corrected chi connectivity index (χ3v) is 5.98. The molecule has 1 aromatic carbocycles. The molecule has 0 saturated carbocycles. The normalized spacial score (nSPS) is 23.1. The van der Waals surface area contributed by atoms with Gasteiger partial charge in [-0.05, 0) is 49.9 Å². The van der Waals surface area contributed by atoms with Crippen LogP contribution in [-0.4, -0.2) is 46.8 Å². The highest BCUT2D eigenvalue weighted by atomic mass is 16.2. The highest BCUT2D eigenvalue weighted by Crippen LogP contribution is 2.30. The van der Waals surface area contributed by atoms with Crippen LogP contribution in [0.5, 0.6) is 0 Å². The van der Waals surface area contributed by atoms with E-state index < -0.39 is 0 Å². The van der Waals surface area contributed by atoms with E-state index in [2.05, 4.69) is 31.0 Å². The number of nitrogens with zero attached hydrogens (tertiary/aromatic N) is 3. The molecule has 2 saturated heterocycles. The molecule has 0 spiro atoms. The van der Waals surface area contributed by atoms with Crippen molar-refractivity contribution in [1.82, 2.24) is 20.0 Å². The van der Waals surface area contributed by atoms with Gasteiger partial charge in [-0.3, -0.25) is 4.79 Å². The summed E-state index contributed by atoms with van der Waals surface area (Å²) in [5.41, 5.74) is 2.43. The number of amides is 1. The number of benzene rings is 1. The van der Waals surface area contributed by atoms with E-state index >= 15 is 0 Å². The first-order chi connectivity index (χ1) is 12.9. The van der Waals surface area contributed by atoms with Crippen molar-refractivity contribution >= 4 is 5.91 Å². The first kappa shape index (κ1) is 18.2. The molecule has 1 aromatic heterocycles. The van der Waals surface area contributed by atoms with Crippen molar-refractivity contribution in [3.8, 4) is 5.69 Å². The molecule has 2 aromatic rings. The minimum absolute atomic E-state index is 0.134. The van der Waals surface area contributed by atoms with Crippen molar-refractivity contribution in [2.24, 2.45) is 11.8 Å². The summed E-state index contributed by atoms with van der Waals surface area (Å²) in [5, 5.41) is 8.31. The van der Waals surface area contributed by atoms with Gasteiger partial charge in [0.1, 0.15) is 0 Å². The topological polar surface area (TPSA) is 50.2 Å². The van der Waals surface area contributed by atoms with Crippen LogP contribution in [0.1, 0.15) is 49.7 Å². The van der Waals surface area contributed by atoms with E-state index in [1.807, 2.05) is 41.2 Å². The fourth-order valence-electron chi connectivity index (χ4n) is 4.39. The minimum atomic E-state index is -0.183. The average Bonchev–Trinajstić information content (AvgIpc) is 3.25. The molecule has 27 heavy (non-hydrogen) atoms. The molecule has 2 aliphatic heterocycles. The summed E-state index contributed by atoms with van der Waals surface area (Å²) >= 11 is 0. The number of para-hydroxylation sites is 1. The number of nitrogens with one attached hydrogen (secondary N) is 1. The Balaban J connectivity index is 1.63. The lowest BCUT2D eigenvalue weighted by Gasteiger charge is -2.23. The van der Waals surface area contributed by atoms with E-state index in [4.69, 9.17) is 5.10 Å². The summed E-state index contributed by atoms with van der Waals surface area (Å²) in [6, 6.07) is 10.0. The lowest BCUT2D eigenvalue weighted by atomic mass is 9.89. The summed E-state index contributed by atoms with van der Waals surface area (Å²) in [6.45, 7) is 10.3. The average molecular weight is 367 g/mol. The number of aromatic nitrogens is 2. The molecule has 2 aliphatic rings. The number of likely N-dealkylation sites (tertiary alicyclic amines) is 1. The van der Waals surface area contributed by atoms with Crippen molar-refractivity contribution in [3.63, 3.8) is 0 Å². The fraction of sp³-hybridized carbons (Fsp3) is 0.545. The fourth-order valence-corrected chi connectivity index (χ4v) is 4.39. The van der Waals surface area contributed by atoms with Crippen molar-refractivity contribution in [2.45, 2.75) is 39.0 Å². The van der Waals surface area contributed by atoms with Crippen LogP contribution in [0.4, 0.5) is 0 Å². The minimum Gasteiger partial charge on any atom is -0.339 e. The first-order valence-corrected chi connectivity index (χ1v) is 10.1. The maximum Gasteiger partial charge on any atom is 0.257 e. The van der Waals surface area contributed by atoms with E-state index in [0.717, 1.165) is 67.8 Å². The van der Waals surface area contributed by atoms with E-state index in [1.165, 1.54) is 0 Å². The van der Waals surface area contributed by atoms with Crippen LogP contribution in [0.3, 0.4) is 0 Å². The number of hydrogen-bond donors (Lipinski definition) is 1. The maximum absolute atomic E-state index is 13.4. The molecule has 5 nitrogen and oxygen atoms in total. The van der Waals surface area contributed by atoms with E-state index in [9.17, 15) is 4.79 Å². The Labute approximate surface area is 161 Å². The van der Waals surface area contributed by atoms with Gasteiger partial charge in [0.2, 0.25) is 0 Å². The molecule has 5 heteroatoms. The number of carbonyl (C=O) groups is 1. The number of hydrogen-bond acceptors (Lipinski definition) is 3. The van der Waals surface area contributed by atoms with Gasteiger partial charge >= 0.3 is 0 Å². The third kappa shape index (κ3) is 3.65. The number of carbonyl (C=O) groups excluding carboxylic acids is 1. The zero-order valence-electron chi connectivity index (χ0n) is 16.6. The quantitative estimate of drug-likeness (QED) is 0.888. The molecule has 3 heterocycles. The predicted molar refractivity (Wildman–Crippen MR) is 107 cm³/mol. The summed E-state index contributed by atoms with van der Waals surface area (Å²) in [7, 11) is 0. The second kappa shape index (κ2) is 7.12. The third-order valence-electron chi connectivity index (χ3n) is 5.98. The van der Waals surface area contributed by atoms with Crippen molar-refractivity contribution < 1.29 is 4.79 Å². The highest BCUT2D eigenvalue weighted by molar-refractivity contribution is 5.95. The van der Waals surface area contributed by atoms with Gasteiger partial charge in [-0.25, -0.2) is 4.68 Å². The molecular formula is C22H30N4O. The molecule has 0 bridgehead atoms. The number of fused-ring (bicyclic) bond motifs is 1. The monoisotopic (exact) mass is 366 g/mol. The summed E-state index contributed by atoms with van der Waals surface area (Å²) in [4.78, 5) is 15.5. The van der Waals surface area contributed by atoms with Gasteiger partial charge in [-0.15, -0.1) is 0 Å². The Bertz CT molecular complexity index is 791. The Morgan fingerprint density at radius 3 is 2.30 bits per heavy atom. The van der Waals surface area contributed by atoms with Crippen LogP contribution < -0.4 is 5.32 Å². The first-order valence-electron chi connectivity index (χ1n) is 10.1. The standard InChI is InChI=1S/C22H30N4O/c1-22(2,3)20-19(15-26(24-20)18-7-5-4-6-8-18)21(27)25-11-9-16-13-23-14-17(16)10-12-25/h4-8,15-17,23H,9-14H2,1-3H3/t16-,17+. The van der Waals surface area contributed by atoms with E-state index in [-0.39, 0.29) is 11.3 Å². The Morgan fingerprint density at radius 2 is 1.70 bits per heavy atom. The van der Waals surface area contributed by atoms with Crippen LogP contribution in [0.2, 0.25) is 0 Å². The van der Waals surface area contributed by atoms with Crippen LogP contribution in [0.15, 0.2) is 36.5 Å². The molecule has 144 valence electrons. The zero-order chi connectivity index (χ0) is 19.0. The summed E-state index contributed by atoms with van der Waals surface area (Å²) < 4.78 is 1.85. The molecule has 0 radical (unpaired) electrons. The van der Waals surface area contributed by atoms with Crippen LogP contribution in [0.25, 0.3) is 5.69 Å². The largest absolute Gasteiger partial charge is 0.339 e. The Hall–Kier alpha value is -2.14. The van der Waals surface area contributed by atoms with Crippen LogP contribution in [0, 0.1) is 11.8 Å². The highest BCUT2D eigenvalue weighted by Gasteiger charge is 2.34. The van der Waals surface area contributed by atoms with Gasteiger partial charge in [-0.1, -0.05) is 39.0 Å². The molecule has 2 fully saturated rings. The van der Waals surface area contributed by atoms with E-state index in [0.29, 0.717) is 0 Å². The number of rotatable bonds is 2. The second-order valence-electron chi connectivity index (χ2n) is 8.97. The molecule has 2 atom stereocenters.